The molecule has 0 spiro atoms. The Morgan fingerprint density at radius 2 is 1.95 bits per heavy atom. The van der Waals surface area contributed by atoms with Crippen molar-refractivity contribution >= 4 is 28.2 Å². The normalized spacial score (nSPS) is 10.7. The molecule has 0 N–H and O–H groups in total. The Kier molecular flexibility index (Phi) is 3.15. The first kappa shape index (κ1) is 13.3. The van der Waals surface area contributed by atoms with Gasteiger partial charge in [0.2, 0.25) is 5.89 Å². The zero-order valence-corrected chi connectivity index (χ0v) is 11.2. The molecule has 2 aromatic carbocycles. The van der Waals surface area contributed by atoms with Crippen molar-refractivity contribution in [1.29, 1.82) is 0 Å². The van der Waals surface area contributed by atoms with Gasteiger partial charge in [-0.15, -0.1) is 0 Å². The Hall–Kier alpha value is -2.73. The number of nitro groups is 1. The highest BCUT2D eigenvalue weighted by Crippen LogP contribution is 2.31. The van der Waals surface area contributed by atoms with Crippen molar-refractivity contribution in [2.24, 2.45) is 0 Å². The highest BCUT2D eigenvalue weighted by molar-refractivity contribution is 6.30. The largest absolute Gasteiger partial charge is 0.403 e. The number of rotatable bonds is 2. The second-order valence-electron chi connectivity index (χ2n) is 4.24. The maximum absolute atomic E-state index is 11.9. The number of hydrogen-bond donors (Lipinski definition) is 0. The van der Waals surface area contributed by atoms with Crippen LogP contribution in [0.25, 0.3) is 22.4 Å². The summed E-state index contributed by atoms with van der Waals surface area (Å²) in [6.45, 7) is 0. The number of nitrogens with zero attached hydrogens (tertiary/aromatic N) is 2. The van der Waals surface area contributed by atoms with Gasteiger partial charge in [0.05, 0.1) is 15.8 Å². The number of aromatic nitrogens is 1. The molecule has 0 aliphatic heterocycles. The molecule has 7 heteroatoms. The summed E-state index contributed by atoms with van der Waals surface area (Å²) < 4.78 is 5.09. The molecule has 3 rings (SSSR count). The van der Waals surface area contributed by atoms with Gasteiger partial charge in [0.15, 0.2) is 0 Å². The van der Waals surface area contributed by atoms with E-state index in [1.54, 1.807) is 24.3 Å². The van der Waals surface area contributed by atoms with E-state index in [4.69, 9.17) is 16.0 Å². The summed E-state index contributed by atoms with van der Waals surface area (Å²) in [5.41, 5.74) is -0.353. The second kappa shape index (κ2) is 4.99. The molecule has 104 valence electrons. The average molecular weight is 303 g/mol. The van der Waals surface area contributed by atoms with Crippen LogP contribution in [0.2, 0.25) is 5.02 Å². The lowest BCUT2D eigenvalue weighted by atomic mass is 10.1. The number of fused-ring (bicyclic) bond motifs is 1. The van der Waals surface area contributed by atoms with Crippen LogP contribution in [0.1, 0.15) is 0 Å². The van der Waals surface area contributed by atoms with Crippen LogP contribution in [0.5, 0.6) is 0 Å². The molecule has 6 nitrogen and oxygen atoms in total. The molecular formula is C14H7ClN2O4. The number of halogens is 1. The molecule has 1 heterocycles. The van der Waals surface area contributed by atoms with Crippen LogP contribution in [0, 0.1) is 10.1 Å². The number of nitro benzene ring substituents is 1. The zero-order chi connectivity index (χ0) is 15.0. The van der Waals surface area contributed by atoms with Crippen LogP contribution in [0.4, 0.5) is 5.69 Å². The van der Waals surface area contributed by atoms with Crippen LogP contribution in [0.15, 0.2) is 51.7 Å². The van der Waals surface area contributed by atoms with Gasteiger partial charge in [0.1, 0.15) is 5.56 Å². The van der Waals surface area contributed by atoms with E-state index in [2.05, 4.69) is 4.98 Å². The van der Waals surface area contributed by atoms with E-state index in [-0.39, 0.29) is 22.2 Å². The number of hydrogen-bond acceptors (Lipinski definition) is 5. The minimum Gasteiger partial charge on any atom is -0.403 e. The van der Waals surface area contributed by atoms with E-state index in [0.29, 0.717) is 10.9 Å². The fourth-order valence-electron chi connectivity index (χ4n) is 1.97. The second-order valence-corrected chi connectivity index (χ2v) is 4.68. The zero-order valence-electron chi connectivity index (χ0n) is 10.4. The third-order valence-electron chi connectivity index (χ3n) is 2.92. The first-order chi connectivity index (χ1) is 10.1. The molecule has 3 aromatic rings. The summed E-state index contributed by atoms with van der Waals surface area (Å²) in [7, 11) is 0. The Balaban J connectivity index is 2.31. The van der Waals surface area contributed by atoms with Crippen LogP contribution >= 0.6 is 11.6 Å². The maximum atomic E-state index is 11.9. The van der Waals surface area contributed by atoms with Crippen molar-refractivity contribution in [3.05, 3.63) is 68.0 Å². The average Bonchev–Trinajstić information content (AvgIpc) is 2.47. The number of para-hydroxylation sites is 1. The fourth-order valence-corrected chi connectivity index (χ4v) is 2.14. The Bertz CT molecular complexity index is 920. The molecular weight excluding hydrogens is 296 g/mol. The molecule has 0 aliphatic carbocycles. The Labute approximate surface area is 122 Å². The van der Waals surface area contributed by atoms with Crippen LogP contribution in [-0.2, 0) is 0 Å². The van der Waals surface area contributed by atoms with Crippen molar-refractivity contribution in [2.75, 3.05) is 0 Å². The molecule has 0 radical (unpaired) electrons. The predicted octanol–water partition coefficient (Wildman–Crippen LogP) is 3.42. The molecule has 0 aliphatic rings. The van der Waals surface area contributed by atoms with Gasteiger partial charge in [-0.2, -0.15) is 0 Å². The van der Waals surface area contributed by atoms with Crippen molar-refractivity contribution in [2.45, 2.75) is 0 Å². The van der Waals surface area contributed by atoms with Gasteiger partial charge in [0, 0.05) is 11.1 Å². The van der Waals surface area contributed by atoms with Crippen LogP contribution in [-0.4, -0.2) is 9.91 Å². The summed E-state index contributed by atoms with van der Waals surface area (Å²) in [4.78, 5) is 26.6. The highest BCUT2D eigenvalue weighted by Gasteiger charge is 2.20. The first-order valence-electron chi connectivity index (χ1n) is 5.90. The van der Waals surface area contributed by atoms with Gasteiger partial charge in [0.25, 0.3) is 5.69 Å². The lowest BCUT2D eigenvalue weighted by Gasteiger charge is -2.03. The van der Waals surface area contributed by atoms with Crippen molar-refractivity contribution in [3.63, 3.8) is 0 Å². The Morgan fingerprint density at radius 1 is 1.19 bits per heavy atom. The lowest BCUT2D eigenvalue weighted by Crippen LogP contribution is -2.03. The molecule has 0 saturated carbocycles. The summed E-state index contributed by atoms with van der Waals surface area (Å²) in [5.74, 6) is -0.109. The maximum Gasteiger partial charge on any atom is 0.347 e. The van der Waals surface area contributed by atoms with Crippen molar-refractivity contribution < 1.29 is 9.34 Å². The summed E-state index contributed by atoms with van der Waals surface area (Å²) in [6.07, 6.45) is 0. The third kappa shape index (κ3) is 2.36. The topological polar surface area (TPSA) is 86.2 Å². The van der Waals surface area contributed by atoms with E-state index >= 15 is 0 Å². The SMILES string of the molecule is O=c1oc(-c2ccc(Cl)cc2[N+](=O)[O-])nc2ccccc12. The van der Waals surface area contributed by atoms with Crippen LogP contribution < -0.4 is 5.63 Å². The van der Waals surface area contributed by atoms with E-state index < -0.39 is 10.5 Å². The van der Waals surface area contributed by atoms with Crippen LogP contribution in [0.3, 0.4) is 0 Å². The third-order valence-corrected chi connectivity index (χ3v) is 3.16. The molecule has 0 unspecified atom stereocenters. The van der Waals surface area contributed by atoms with Gasteiger partial charge in [-0.25, -0.2) is 9.78 Å². The monoisotopic (exact) mass is 302 g/mol. The quantitative estimate of drug-likeness (QED) is 0.535. The highest BCUT2D eigenvalue weighted by atomic mass is 35.5. The van der Waals surface area contributed by atoms with E-state index in [9.17, 15) is 14.9 Å². The Morgan fingerprint density at radius 3 is 2.71 bits per heavy atom. The minimum absolute atomic E-state index is 0.104. The molecule has 0 amide bonds. The molecule has 0 saturated heterocycles. The van der Waals surface area contributed by atoms with Gasteiger partial charge in [-0.05, 0) is 24.3 Å². The fraction of sp³-hybridized carbons (Fsp3) is 0. The summed E-state index contributed by atoms with van der Waals surface area (Å²) in [5, 5.41) is 11.6. The van der Waals surface area contributed by atoms with E-state index in [0.717, 1.165) is 0 Å². The van der Waals surface area contributed by atoms with Gasteiger partial charge >= 0.3 is 5.63 Å². The molecule has 21 heavy (non-hydrogen) atoms. The molecule has 0 bridgehead atoms. The minimum atomic E-state index is -0.599. The first-order valence-corrected chi connectivity index (χ1v) is 6.28. The molecule has 0 fully saturated rings. The summed E-state index contributed by atoms with van der Waals surface area (Å²) in [6, 6.07) is 10.7. The summed E-state index contributed by atoms with van der Waals surface area (Å²) >= 11 is 5.76. The molecule has 1 aromatic heterocycles. The van der Waals surface area contributed by atoms with Gasteiger partial charge in [-0.3, -0.25) is 10.1 Å². The van der Waals surface area contributed by atoms with Gasteiger partial charge < -0.3 is 4.42 Å². The van der Waals surface area contributed by atoms with Crippen molar-refractivity contribution in [3.8, 4) is 11.5 Å². The molecule has 0 atom stereocenters. The standard InChI is InChI=1S/C14H7ClN2O4/c15-8-5-6-10(12(7-8)17(19)20)13-16-11-4-2-1-3-9(11)14(18)21-13/h1-7H. The van der Waals surface area contributed by atoms with Gasteiger partial charge in [-0.1, -0.05) is 23.7 Å². The van der Waals surface area contributed by atoms with E-state index in [1.807, 2.05) is 0 Å². The predicted molar refractivity (Wildman–Crippen MR) is 77.4 cm³/mol. The number of benzene rings is 2. The lowest BCUT2D eigenvalue weighted by molar-refractivity contribution is -0.384. The smallest absolute Gasteiger partial charge is 0.347 e. The van der Waals surface area contributed by atoms with Crippen molar-refractivity contribution in [1.82, 2.24) is 4.98 Å². The van der Waals surface area contributed by atoms with E-state index in [1.165, 1.54) is 18.2 Å².